The fourth-order valence-corrected chi connectivity index (χ4v) is 4.28. The molecule has 0 fully saturated rings. The number of pyridine rings is 1. The number of benzene rings is 1. The van der Waals surface area contributed by atoms with Gasteiger partial charge in [0.05, 0.1) is 18.3 Å². The van der Waals surface area contributed by atoms with Crippen molar-refractivity contribution >= 4 is 23.2 Å². The van der Waals surface area contributed by atoms with Crippen LogP contribution in [0, 0.1) is 11.8 Å². The number of nitrogens with zero attached hydrogens (tertiary/aromatic N) is 4. The molecule has 0 radical (unpaired) electrons. The van der Waals surface area contributed by atoms with Crippen molar-refractivity contribution in [2.45, 2.75) is 32.0 Å². The third kappa shape index (κ3) is 4.66. The molecule has 2 atom stereocenters. The Kier molecular flexibility index (Phi) is 6.17. The number of aliphatic hydroxyl groups is 1. The summed E-state index contributed by atoms with van der Waals surface area (Å²) in [5.74, 6) is -3.13. The number of aliphatic hydroxyl groups excluding tert-OH is 1. The Bertz CT molecular complexity index is 1570. The predicted octanol–water partition coefficient (Wildman–Crippen LogP) is 1.92. The van der Waals surface area contributed by atoms with Gasteiger partial charge in [0, 0.05) is 30.8 Å². The zero-order chi connectivity index (χ0) is 26.3. The smallest absolute Gasteiger partial charge is 0.270 e. The lowest BCUT2D eigenvalue weighted by atomic mass is 10.0. The predicted molar refractivity (Wildman–Crippen MR) is 125 cm³/mol. The van der Waals surface area contributed by atoms with Crippen LogP contribution in [0.3, 0.4) is 0 Å². The van der Waals surface area contributed by atoms with Crippen molar-refractivity contribution in [1.29, 1.82) is 0 Å². The van der Waals surface area contributed by atoms with Gasteiger partial charge >= 0.3 is 0 Å². The van der Waals surface area contributed by atoms with Gasteiger partial charge in [0.2, 0.25) is 5.95 Å². The van der Waals surface area contributed by atoms with Gasteiger partial charge in [0.25, 0.3) is 11.8 Å². The molecule has 37 heavy (non-hydrogen) atoms. The number of nitrogens with one attached hydrogen (secondary N) is 2. The minimum absolute atomic E-state index is 0.0539. The Morgan fingerprint density at radius 3 is 2.70 bits per heavy atom. The van der Waals surface area contributed by atoms with Crippen molar-refractivity contribution in [3.05, 3.63) is 94.2 Å². The van der Waals surface area contributed by atoms with Gasteiger partial charge in [0.15, 0.2) is 17.2 Å². The first kappa shape index (κ1) is 24.1. The number of amides is 2. The minimum atomic E-state index is -0.962. The lowest BCUT2D eigenvalue weighted by Crippen LogP contribution is -2.35. The van der Waals surface area contributed by atoms with Gasteiger partial charge in [0.1, 0.15) is 11.4 Å². The molecule has 10 nitrogen and oxygen atoms in total. The van der Waals surface area contributed by atoms with Crippen LogP contribution in [0.2, 0.25) is 0 Å². The number of aromatic nitrogens is 4. The van der Waals surface area contributed by atoms with Crippen LogP contribution in [-0.4, -0.2) is 48.4 Å². The van der Waals surface area contributed by atoms with Crippen molar-refractivity contribution < 1.29 is 28.3 Å². The van der Waals surface area contributed by atoms with E-state index < -0.39 is 35.7 Å². The molecule has 4 aromatic rings. The first-order chi connectivity index (χ1) is 17.7. The zero-order valence-electron chi connectivity index (χ0n) is 19.4. The van der Waals surface area contributed by atoms with Gasteiger partial charge < -0.3 is 15.7 Å². The van der Waals surface area contributed by atoms with E-state index in [2.05, 4.69) is 25.7 Å². The molecule has 3 heterocycles. The maximum atomic E-state index is 14.4. The van der Waals surface area contributed by atoms with E-state index in [4.69, 9.17) is 0 Å². The molecule has 1 aromatic carbocycles. The summed E-state index contributed by atoms with van der Waals surface area (Å²) in [7, 11) is 0. The number of fused-ring (bicyclic) bond motifs is 2. The van der Waals surface area contributed by atoms with Crippen LogP contribution in [0.25, 0.3) is 5.65 Å². The van der Waals surface area contributed by atoms with Gasteiger partial charge in [-0.25, -0.2) is 18.9 Å². The van der Waals surface area contributed by atoms with Crippen molar-refractivity contribution in [2.75, 3.05) is 0 Å². The zero-order valence-corrected chi connectivity index (χ0v) is 19.4. The highest BCUT2D eigenvalue weighted by Gasteiger charge is 2.33. The van der Waals surface area contributed by atoms with E-state index in [0.717, 1.165) is 28.4 Å². The maximum Gasteiger partial charge on any atom is 0.270 e. The second-order valence-corrected chi connectivity index (χ2v) is 8.62. The molecule has 0 saturated carbocycles. The van der Waals surface area contributed by atoms with Crippen LogP contribution in [0.4, 0.5) is 8.78 Å². The van der Waals surface area contributed by atoms with Gasteiger partial charge in [-0.05, 0) is 41.8 Å². The second kappa shape index (κ2) is 9.47. The standard InChI is InChI=1S/C25H20F2N6O4/c1-12(34)14-2-3-16-15(7-14)8-20(35)22(16)32-25(37)19-9-18(31-23-17(26)11-30-33(19)23)24(36)29-10-13-4-5-28-21(27)6-13/h2-7,9,11,20,22,35H,8,10H2,1H3,(H,29,36)(H,32,37)/t20-,22+/m0/s1. The molecule has 0 spiro atoms. The van der Waals surface area contributed by atoms with Gasteiger partial charge in [-0.3, -0.25) is 14.4 Å². The quantitative estimate of drug-likeness (QED) is 0.268. The first-order valence-electron chi connectivity index (χ1n) is 11.3. The SMILES string of the molecule is CC(=O)c1ccc2c(c1)C[C@H](O)[C@@H]2NC(=O)c1cc(C(=O)NCc2ccnc(F)c2)nc2c(F)cnn12. The molecular formula is C25H20F2N6O4. The third-order valence-electron chi connectivity index (χ3n) is 6.12. The molecule has 0 aliphatic heterocycles. The molecule has 1 aliphatic rings. The highest BCUT2D eigenvalue weighted by Crippen LogP contribution is 2.32. The van der Waals surface area contributed by atoms with E-state index in [1.807, 2.05) is 0 Å². The molecule has 12 heteroatoms. The van der Waals surface area contributed by atoms with Crippen LogP contribution in [-0.2, 0) is 13.0 Å². The highest BCUT2D eigenvalue weighted by atomic mass is 19.1. The summed E-state index contributed by atoms with van der Waals surface area (Å²) >= 11 is 0. The van der Waals surface area contributed by atoms with E-state index >= 15 is 0 Å². The summed E-state index contributed by atoms with van der Waals surface area (Å²) in [5, 5.41) is 19.7. The lowest BCUT2D eigenvalue weighted by Gasteiger charge is -2.18. The molecule has 2 amide bonds. The first-order valence-corrected chi connectivity index (χ1v) is 11.3. The Hall–Kier alpha value is -4.58. The number of carbonyl (C=O) groups is 3. The average molecular weight is 506 g/mol. The number of halogens is 2. The average Bonchev–Trinajstić information content (AvgIpc) is 3.40. The van der Waals surface area contributed by atoms with E-state index in [-0.39, 0.29) is 35.8 Å². The monoisotopic (exact) mass is 506 g/mol. The van der Waals surface area contributed by atoms with Crippen LogP contribution in [0.15, 0.2) is 48.8 Å². The van der Waals surface area contributed by atoms with E-state index in [1.165, 1.54) is 19.2 Å². The van der Waals surface area contributed by atoms with E-state index in [0.29, 0.717) is 16.7 Å². The van der Waals surface area contributed by atoms with Crippen LogP contribution in [0.1, 0.15) is 61.0 Å². The van der Waals surface area contributed by atoms with Crippen molar-refractivity contribution in [3.8, 4) is 0 Å². The molecule has 0 saturated heterocycles. The normalized spacial score (nSPS) is 16.4. The number of ketones is 1. The molecule has 5 rings (SSSR count). The number of hydrogen-bond acceptors (Lipinski definition) is 7. The third-order valence-corrected chi connectivity index (χ3v) is 6.12. The molecule has 1 aliphatic carbocycles. The largest absolute Gasteiger partial charge is 0.390 e. The summed E-state index contributed by atoms with van der Waals surface area (Å²) in [6.45, 7) is 1.38. The summed E-state index contributed by atoms with van der Waals surface area (Å²) in [6, 6.07) is 7.98. The van der Waals surface area contributed by atoms with Crippen LogP contribution in [0.5, 0.6) is 0 Å². The fourth-order valence-electron chi connectivity index (χ4n) is 4.28. The Morgan fingerprint density at radius 2 is 1.95 bits per heavy atom. The Balaban J connectivity index is 1.42. The molecule has 188 valence electrons. The van der Waals surface area contributed by atoms with Gasteiger partial charge in [-0.2, -0.15) is 9.49 Å². The van der Waals surface area contributed by atoms with Crippen LogP contribution < -0.4 is 10.6 Å². The van der Waals surface area contributed by atoms with Gasteiger partial charge in [-0.1, -0.05) is 12.1 Å². The van der Waals surface area contributed by atoms with Gasteiger partial charge in [-0.15, -0.1) is 0 Å². The molecule has 3 aromatic heterocycles. The van der Waals surface area contributed by atoms with Crippen molar-refractivity contribution in [2.24, 2.45) is 0 Å². The number of rotatable bonds is 6. The summed E-state index contributed by atoms with van der Waals surface area (Å²) < 4.78 is 28.6. The Labute approximate surface area is 208 Å². The van der Waals surface area contributed by atoms with E-state index in [9.17, 15) is 28.3 Å². The molecule has 0 unspecified atom stereocenters. The summed E-state index contributed by atoms with van der Waals surface area (Å²) in [5.41, 5.74) is 1.52. The summed E-state index contributed by atoms with van der Waals surface area (Å²) in [4.78, 5) is 45.2. The molecular weight excluding hydrogens is 486 g/mol. The lowest BCUT2D eigenvalue weighted by molar-refractivity contribution is 0.0850. The number of hydrogen-bond donors (Lipinski definition) is 3. The Morgan fingerprint density at radius 1 is 1.14 bits per heavy atom. The summed E-state index contributed by atoms with van der Waals surface area (Å²) in [6.07, 6.45) is 1.38. The molecule has 3 N–H and O–H groups in total. The van der Waals surface area contributed by atoms with E-state index in [1.54, 1.807) is 18.2 Å². The number of Topliss-reactive ketones (excluding diaryl/α,β-unsaturated/α-hetero) is 1. The maximum absolute atomic E-state index is 14.4. The van der Waals surface area contributed by atoms with Crippen molar-refractivity contribution in [3.63, 3.8) is 0 Å². The van der Waals surface area contributed by atoms with Crippen molar-refractivity contribution in [1.82, 2.24) is 30.2 Å². The topological polar surface area (TPSA) is 139 Å². The minimum Gasteiger partial charge on any atom is -0.390 e. The fraction of sp³-hybridized carbons (Fsp3) is 0.200. The van der Waals surface area contributed by atoms with Crippen LogP contribution >= 0.6 is 0 Å². The second-order valence-electron chi connectivity index (χ2n) is 8.62. The number of carbonyl (C=O) groups excluding carboxylic acids is 3. The highest BCUT2D eigenvalue weighted by molar-refractivity contribution is 5.98. The molecule has 0 bridgehead atoms.